The third-order valence-electron chi connectivity index (χ3n) is 10.8. The standard InChI is InChI=1S/C23H27NO2.C13H17NO.C10H12O2/c1-19(25)23(21-12-6-3-7-13-21)15-17-24(18-16-23)22(26)14-8-11-20-9-4-2-5-10-20;1-11(15)13(7-9-14-10-8-13)12-5-3-2-4-6-12;11-10(12)8-4-7-9-5-2-1-3-6-9/h2-7,9-10,12-13H,8,11,14-18H2,1H3;2-6,14H,7-10H2,1H3;1-3,5-6H,4,7-8H2,(H,11,12). The smallest absolute Gasteiger partial charge is 0.303 e. The summed E-state index contributed by atoms with van der Waals surface area (Å²) in [7, 11) is 0. The second-order valence-electron chi connectivity index (χ2n) is 14.2. The van der Waals surface area contributed by atoms with Gasteiger partial charge in [0.25, 0.3) is 0 Å². The van der Waals surface area contributed by atoms with Crippen LogP contribution in [0.25, 0.3) is 0 Å². The van der Waals surface area contributed by atoms with Crippen molar-refractivity contribution in [3.8, 4) is 0 Å². The van der Waals surface area contributed by atoms with Crippen LogP contribution in [0.1, 0.15) is 87.5 Å². The Morgan fingerprint density at radius 3 is 1.34 bits per heavy atom. The molecule has 0 unspecified atom stereocenters. The molecule has 2 aliphatic heterocycles. The van der Waals surface area contributed by atoms with Crippen LogP contribution in [0.5, 0.6) is 0 Å². The monoisotopic (exact) mass is 716 g/mol. The molecule has 7 heteroatoms. The van der Waals surface area contributed by atoms with Crippen molar-refractivity contribution in [2.75, 3.05) is 26.2 Å². The summed E-state index contributed by atoms with van der Waals surface area (Å²) in [5.41, 5.74) is 4.09. The normalized spacial score (nSPS) is 15.8. The van der Waals surface area contributed by atoms with E-state index in [0.717, 1.165) is 70.0 Å². The summed E-state index contributed by atoms with van der Waals surface area (Å²) in [6.45, 7) is 6.61. The number of piperidine rings is 2. The van der Waals surface area contributed by atoms with E-state index in [1.807, 2.05) is 102 Å². The summed E-state index contributed by atoms with van der Waals surface area (Å²) in [6.07, 6.45) is 7.50. The number of aryl methyl sites for hydroxylation is 2. The third kappa shape index (κ3) is 12.1. The number of amides is 1. The van der Waals surface area contributed by atoms with Gasteiger partial charge in [-0.3, -0.25) is 19.2 Å². The molecule has 4 aromatic carbocycles. The van der Waals surface area contributed by atoms with E-state index in [1.165, 1.54) is 16.7 Å². The summed E-state index contributed by atoms with van der Waals surface area (Å²) in [4.78, 5) is 49.0. The average molecular weight is 717 g/mol. The Morgan fingerprint density at radius 1 is 0.566 bits per heavy atom. The zero-order valence-corrected chi connectivity index (χ0v) is 31.5. The van der Waals surface area contributed by atoms with E-state index in [4.69, 9.17) is 5.11 Å². The number of carboxylic acids is 1. The number of benzene rings is 4. The SMILES string of the molecule is CC(=O)C1(c2ccccc2)CCN(C(=O)CCCc2ccccc2)CC1.CC(=O)C1(c2ccccc2)CCNCC1.O=C(O)CCCc1ccccc1. The van der Waals surface area contributed by atoms with Crippen molar-refractivity contribution in [1.29, 1.82) is 0 Å². The molecule has 1 amide bonds. The summed E-state index contributed by atoms with van der Waals surface area (Å²) in [5.74, 6) is 0.00662. The number of carbonyl (C=O) groups is 4. The third-order valence-corrected chi connectivity index (χ3v) is 10.8. The fourth-order valence-corrected chi connectivity index (χ4v) is 7.53. The molecule has 2 N–H and O–H groups in total. The van der Waals surface area contributed by atoms with Gasteiger partial charge >= 0.3 is 5.97 Å². The Balaban J connectivity index is 0.000000196. The average Bonchev–Trinajstić information content (AvgIpc) is 3.20. The van der Waals surface area contributed by atoms with Gasteiger partial charge in [0, 0.05) is 25.9 Å². The molecule has 6 rings (SSSR count). The van der Waals surface area contributed by atoms with Gasteiger partial charge in [-0.1, -0.05) is 121 Å². The molecule has 2 fully saturated rings. The summed E-state index contributed by atoms with van der Waals surface area (Å²) in [5, 5.41) is 11.7. The van der Waals surface area contributed by atoms with Gasteiger partial charge in [-0.2, -0.15) is 0 Å². The van der Waals surface area contributed by atoms with Gasteiger partial charge in [0.1, 0.15) is 11.6 Å². The fraction of sp³-hybridized carbons (Fsp3) is 0.391. The second kappa shape index (κ2) is 21.0. The number of Topliss-reactive ketones (excluding diaryl/α,β-unsaturated/α-hetero) is 2. The highest BCUT2D eigenvalue weighted by Crippen LogP contribution is 2.37. The summed E-state index contributed by atoms with van der Waals surface area (Å²) in [6, 6.07) is 40.4. The van der Waals surface area contributed by atoms with Crippen molar-refractivity contribution in [1.82, 2.24) is 10.2 Å². The minimum atomic E-state index is -0.717. The molecule has 7 nitrogen and oxygen atoms in total. The lowest BCUT2D eigenvalue weighted by molar-refractivity contribution is -0.137. The van der Waals surface area contributed by atoms with Crippen molar-refractivity contribution in [2.45, 2.75) is 88.9 Å². The van der Waals surface area contributed by atoms with Gasteiger partial charge in [0.15, 0.2) is 0 Å². The molecule has 2 saturated heterocycles. The molecule has 0 spiro atoms. The highest BCUT2D eigenvalue weighted by molar-refractivity contribution is 5.89. The second-order valence-corrected chi connectivity index (χ2v) is 14.2. The molecule has 4 aromatic rings. The minimum absolute atomic E-state index is 0.208. The van der Waals surface area contributed by atoms with Gasteiger partial charge in [-0.25, -0.2) is 0 Å². The zero-order chi connectivity index (χ0) is 37.9. The molecule has 0 aliphatic carbocycles. The Labute approximate surface area is 315 Å². The van der Waals surface area contributed by atoms with Crippen molar-refractivity contribution in [3.05, 3.63) is 144 Å². The Morgan fingerprint density at radius 2 is 0.943 bits per heavy atom. The van der Waals surface area contributed by atoms with E-state index in [-0.39, 0.29) is 23.5 Å². The number of ketones is 2. The van der Waals surface area contributed by atoms with Crippen LogP contribution in [-0.4, -0.2) is 59.6 Å². The van der Waals surface area contributed by atoms with E-state index >= 15 is 0 Å². The molecule has 0 radical (unpaired) electrons. The van der Waals surface area contributed by atoms with E-state index in [9.17, 15) is 19.2 Å². The van der Waals surface area contributed by atoms with Crippen LogP contribution < -0.4 is 5.32 Å². The van der Waals surface area contributed by atoms with Gasteiger partial charge in [-0.15, -0.1) is 0 Å². The van der Waals surface area contributed by atoms with Crippen LogP contribution in [-0.2, 0) is 42.8 Å². The number of rotatable bonds is 12. The molecular weight excluding hydrogens is 661 g/mol. The topological polar surface area (TPSA) is 104 Å². The number of nitrogens with zero attached hydrogens (tertiary/aromatic N) is 1. The quantitative estimate of drug-likeness (QED) is 0.153. The van der Waals surface area contributed by atoms with Gasteiger partial charge in [-0.05, 0) is 101 Å². The molecule has 280 valence electrons. The Bertz CT molecular complexity index is 1700. The number of carbonyl (C=O) groups excluding carboxylic acids is 3. The summed E-state index contributed by atoms with van der Waals surface area (Å²) >= 11 is 0. The molecule has 0 bridgehead atoms. The van der Waals surface area contributed by atoms with Crippen LogP contribution in [0.15, 0.2) is 121 Å². The predicted octanol–water partition coefficient (Wildman–Crippen LogP) is 8.15. The van der Waals surface area contributed by atoms with E-state index in [2.05, 4.69) is 29.6 Å². The van der Waals surface area contributed by atoms with E-state index < -0.39 is 11.4 Å². The summed E-state index contributed by atoms with van der Waals surface area (Å²) < 4.78 is 0. The maximum Gasteiger partial charge on any atom is 0.303 e. The van der Waals surface area contributed by atoms with Gasteiger partial charge in [0.05, 0.1) is 10.8 Å². The van der Waals surface area contributed by atoms with Crippen molar-refractivity contribution in [3.63, 3.8) is 0 Å². The largest absolute Gasteiger partial charge is 0.481 e. The number of carboxylic acid groups (broad SMARTS) is 1. The maximum absolute atomic E-state index is 12.5. The lowest BCUT2D eigenvalue weighted by Gasteiger charge is -2.40. The highest BCUT2D eigenvalue weighted by atomic mass is 16.4. The zero-order valence-electron chi connectivity index (χ0n) is 31.5. The molecule has 53 heavy (non-hydrogen) atoms. The van der Waals surface area contributed by atoms with Crippen LogP contribution in [0.4, 0.5) is 0 Å². The van der Waals surface area contributed by atoms with Crippen molar-refractivity contribution >= 4 is 23.4 Å². The molecule has 0 atom stereocenters. The number of likely N-dealkylation sites (tertiary alicyclic amines) is 1. The molecule has 2 heterocycles. The van der Waals surface area contributed by atoms with Gasteiger partial charge < -0.3 is 15.3 Å². The minimum Gasteiger partial charge on any atom is -0.481 e. The van der Waals surface area contributed by atoms with Crippen molar-refractivity contribution in [2.24, 2.45) is 0 Å². The molecule has 0 saturated carbocycles. The van der Waals surface area contributed by atoms with E-state index in [0.29, 0.717) is 25.3 Å². The van der Waals surface area contributed by atoms with Crippen LogP contribution in [0, 0.1) is 0 Å². The molecule has 0 aromatic heterocycles. The van der Waals surface area contributed by atoms with Crippen LogP contribution in [0.3, 0.4) is 0 Å². The number of hydrogen-bond acceptors (Lipinski definition) is 5. The first-order valence-electron chi connectivity index (χ1n) is 19.1. The first-order chi connectivity index (χ1) is 25.7. The van der Waals surface area contributed by atoms with Crippen LogP contribution >= 0.6 is 0 Å². The highest BCUT2D eigenvalue weighted by Gasteiger charge is 2.41. The Hall–Kier alpha value is -4.88. The lowest BCUT2D eigenvalue weighted by Crippen LogP contribution is -2.48. The first-order valence-corrected chi connectivity index (χ1v) is 19.1. The number of nitrogens with one attached hydrogen (secondary N) is 1. The first kappa shape index (κ1) is 40.9. The molecular formula is C46H56N2O5. The van der Waals surface area contributed by atoms with Crippen molar-refractivity contribution < 1.29 is 24.3 Å². The molecule has 2 aliphatic rings. The van der Waals surface area contributed by atoms with Crippen LogP contribution in [0.2, 0.25) is 0 Å². The number of aliphatic carboxylic acids is 1. The van der Waals surface area contributed by atoms with E-state index in [1.54, 1.807) is 13.8 Å². The lowest BCUT2D eigenvalue weighted by atomic mass is 9.70. The Kier molecular flexibility index (Phi) is 16.2. The number of hydrogen-bond donors (Lipinski definition) is 2. The maximum atomic E-state index is 12.5. The predicted molar refractivity (Wildman–Crippen MR) is 212 cm³/mol. The fourth-order valence-electron chi connectivity index (χ4n) is 7.53. The van der Waals surface area contributed by atoms with Gasteiger partial charge in [0.2, 0.25) is 5.91 Å².